The second kappa shape index (κ2) is 8.77. The lowest BCUT2D eigenvalue weighted by atomic mass is 9.87. The van der Waals surface area contributed by atoms with Crippen LogP contribution in [0.15, 0.2) is 86.2 Å². The van der Waals surface area contributed by atoms with Gasteiger partial charge in [0.2, 0.25) is 0 Å². The Hall–Kier alpha value is -2.23. The van der Waals surface area contributed by atoms with Gasteiger partial charge in [0.05, 0.1) is 6.26 Å². The number of furan rings is 1. The van der Waals surface area contributed by atoms with E-state index in [1.807, 2.05) is 41.5 Å². The molecule has 9 heteroatoms. The fourth-order valence-electron chi connectivity index (χ4n) is 3.37. The van der Waals surface area contributed by atoms with E-state index in [4.69, 9.17) is 8.05 Å². The molecule has 0 saturated heterocycles. The fourth-order valence-corrected chi connectivity index (χ4v) is 7.89. The topological polar surface area (TPSA) is 56.5 Å². The van der Waals surface area contributed by atoms with Crippen molar-refractivity contribution in [1.29, 1.82) is 0 Å². The summed E-state index contributed by atoms with van der Waals surface area (Å²) in [6, 6.07) is 16.5. The highest BCUT2D eigenvalue weighted by molar-refractivity contribution is 8.33. The molecule has 186 valence electrons. The second-order valence-corrected chi connectivity index (χ2v) is 14.4. The summed E-state index contributed by atoms with van der Waals surface area (Å²) in [4.78, 5) is 0.540. The summed E-state index contributed by atoms with van der Waals surface area (Å²) in [5.74, 6) is 0. The normalized spacial score (nSPS) is 14.3. The molecular formula is C25H29F3O4S2. The van der Waals surface area contributed by atoms with Crippen molar-refractivity contribution in [2.24, 2.45) is 0 Å². The second-order valence-electron chi connectivity index (χ2n) is 10.0. The van der Waals surface area contributed by atoms with E-state index in [2.05, 4.69) is 0 Å². The number of halogens is 3. The Morgan fingerprint density at radius 2 is 1.12 bits per heavy atom. The van der Waals surface area contributed by atoms with E-state index < -0.39 is 25.9 Å². The minimum Gasteiger partial charge on any atom is -0.457 e. The third-order valence-electron chi connectivity index (χ3n) is 5.36. The van der Waals surface area contributed by atoms with E-state index in [0.717, 1.165) is 11.1 Å². The van der Waals surface area contributed by atoms with Crippen molar-refractivity contribution < 1.29 is 29.6 Å². The summed E-state index contributed by atoms with van der Waals surface area (Å²) in [6.45, 7) is 12.0. The zero-order valence-electron chi connectivity index (χ0n) is 19.9. The average molecular weight is 515 g/mol. The van der Waals surface area contributed by atoms with E-state index in [1.165, 1.54) is 18.4 Å². The highest BCUT2D eigenvalue weighted by atomic mass is 32.3. The van der Waals surface area contributed by atoms with Gasteiger partial charge in [0, 0.05) is 9.79 Å². The van der Waals surface area contributed by atoms with E-state index in [0.29, 0.717) is 0 Å². The molecule has 4 nitrogen and oxygen atoms in total. The molecule has 0 spiro atoms. The maximum Gasteiger partial charge on any atom is 0.524 e. The zero-order valence-corrected chi connectivity index (χ0v) is 21.6. The summed E-state index contributed by atoms with van der Waals surface area (Å²) in [7, 11) is -9.41. The molecule has 0 radical (unpaired) electrons. The van der Waals surface area contributed by atoms with Gasteiger partial charge < -0.3 is 4.42 Å². The van der Waals surface area contributed by atoms with E-state index in [-0.39, 0.29) is 25.7 Å². The van der Waals surface area contributed by atoms with Crippen molar-refractivity contribution in [2.45, 2.75) is 72.8 Å². The Balaban J connectivity index is 2.34. The van der Waals surface area contributed by atoms with Crippen LogP contribution in [0.2, 0.25) is 0 Å². The lowest BCUT2D eigenvalue weighted by Crippen LogP contribution is -2.27. The number of rotatable bonds is 5. The van der Waals surface area contributed by atoms with Gasteiger partial charge in [0.15, 0.2) is 5.09 Å². The van der Waals surface area contributed by atoms with Crippen LogP contribution >= 0.6 is 10.3 Å². The number of alkyl halides is 3. The molecule has 3 rings (SSSR count). The summed E-state index contributed by atoms with van der Waals surface area (Å²) < 4.78 is 76.2. The molecule has 0 unspecified atom stereocenters. The van der Waals surface area contributed by atoms with Gasteiger partial charge >= 0.3 is 15.6 Å². The van der Waals surface area contributed by atoms with Crippen LogP contribution in [0, 0.1) is 0 Å². The van der Waals surface area contributed by atoms with E-state index >= 15 is 0 Å². The molecule has 0 aliphatic carbocycles. The molecule has 0 aliphatic rings. The summed E-state index contributed by atoms with van der Waals surface area (Å²) in [6.07, 6.45) is 1.29. The summed E-state index contributed by atoms with van der Waals surface area (Å²) in [5.41, 5.74) is -4.16. The lowest BCUT2D eigenvalue weighted by Gasteiger charge is -2.37. The van der Waals surface area contributed by atoms with Crippen molar-refractivity contribution in [3.05, 3.63) is 78.1 Å². The van der Waals surface area contributed by atoms with Gasteiger partial charge in [-0.2, -0.15) is 25.2 Å². The number of hydrogen-bond donors (Lipinski definition) is 0. The molecule has 34 heavy (non-hydrogen) atoms. The third-order valence-corrected chi connectivity index (χ3v) is 10.1. The predicted molar refractivity (Wildman–Crippen MR) is 127 cm³/mol. The van der Waals surface area contributed by atoms with Gasteiger partial charge in [-0.25, -0.2) is 0 Å². The van der Waals surface area contributed by atoms with Gasteiger partial charge in [0.25, 0.3) is 0 Å². The molecule has 0 aliphatic heterocycles. The Morgan fingerprint density at radius 1 is 0.706 bits per heavy atom. The Kier molecular flexibility index (Phi) is 6.80. The van der Waals surface area contributed by atoms with Crippen LogP contribution < -0.4 is 0 Å². The largest absolute Gasteiger partial charge is 0.524 e. The smallest absolute Gasteiger partial charge is 0.457 e. The van der Waals surface area contributed by atoms with Crippen LogP contribution in [-0.4, -0.2) is 13.9 Å². The molecule has 0 fully saturated rings. The van der Waals surface area contributed by atoms with Gasteiger partial charge in [-0.1, -0.05) is 65.8 Å². The quantitative estimate of drug-likeness (QED) is 0.324. The van der Waals surface area contributed by atoms with E-state index in [9.17, 15) is 21.6 Å². The zero-order chi connectivity index (χ0) is 25.6. The molecule has 3 aromatic rings. The maximum absolute atomic E-state index is 13.5. The fraction of sp³-hybridized carbons (Fsp3) is 0.360. The Morgan fingerprint density at radius 3 is 1.41 bits per heavy atom. The van der Waals surface area contributed by atoms with Gasteiger partial charge in [0.1, 0.15) is 0 Å². The van der Waals surface area contributed by atoms with Gasteiger partial charge in [-0.3, -0.25) is 0 Å². The van der Waals surface area contributed by atoms with Crippen molar-refractivity contribution in [3.8, 4) is 0 Å². The molecule has 0 bridgehead atoms. The first kappa shape index (κ1) is 26.4. The predicted octanol–water partition coefficient (Wildman–Crippen LogP) is 7.94. The highest BCUT2D eigenvalue weighted by Crippen LogP contribution is 2.70. The van der Waals surface area contributed by atoms with Crippen molar-refractivity contribution in [2.75, 3.05) is 0 Å². The van der Waals surface area contributed by atoms with Crippen molar-refractivity contribution in [1.82, 2.24) is 0 Å². The molecule has 0 atom stereocenters. The van der Waals surface area contributed by atoms with Crippen LogP contribution in [0.1, 0.15) is 52.7 Å². The lowest BCUT2D eigenvalue weighted by molar-refractivity contribution is -0.0496. The molecule has 0 N–H and O–H groups in total. The molecule has 0 saturated carbocycles. The van der Waals surface area contributed by atoms with Crippen LogP contribution in [0.25, 0.3) is 0 Å². The van der Waals surface area contributed by atoms with Crippen LogP contribution in [0.3, 0.4) is 0 Å². The molecule has 1 aromatic heterocycles. The minimum absolute atomic E-state index is 0.00709. The first-order valence-corrected chi connectivity index (χ1v) is 13.6. The first-order chi connectivity index (χ1) is 15.5. The van der Waals surface area contributed by atoms with Crippen LogP contribution in [-0.2, 0) is 24.6 Å². The molecule has 0 amide bonds. The average Bonchev–Trinajstić information content (AvgIpc) is 3.25. The molecular weight excluding hydrogens is 485 g/mol. The number of hydrogen-bond acceptors (Lipinski definition) is 4. The van der Waals surface area contributed by atoms with Crippen molar-refractivity contribution in [3.63, 3.8) is 0 Å². The van der Waals surface area contributed by atoms with Gasteiger partial charge in [-0.05, 0) is 68.7 Å². The minimum atomic E-state index is -5.98. The maximum atomic E-state index is 13.5. The Labute approximate surface area is 200 Å². The number of benzene rings is 2. The summed E-state index contributed by atoms with van der Waals surface area (Å²) in [5, 5.41) is -0.00709. The van der Waals surface area contributed by atoms with Gasteiger partial charge in [-0.15, -0.1) is 0 Å². The standard InChI is InChI=1S/C25H29F3O4S2/c1-23(2,3)18-9-13-20(14-10-18)33(22-8-7-17-31-22,32-34(29,30)25(26,27)28)21-15-11-19(12-16-21)24(4,5)6/h7-17H,1-6H3. The van der Waals surface area contributed by atoms with Crippen molar-refractivity contribution >= 4 is 20.4 Å². The molecule has 2 aromatic carbocycles. The van der Waals surface area contributed by atoms with Crippen LogP contribution in [0.5, 0.6) is 0 Å². The molecule has 1 heterocycles. The monoisotopic (exact) mass is 514 g/mol. The Bertz CT molecular complexity index is 1160. The van der Waals surface area contributed by atoms with E-state index in [1.54, 1.807) is 48.5 Å². The third kappa shape index (κ3) is 5.06. The first-order valence-electron chi connectivity index (χ1n) is 10.6. The summed E-state index contributed by atoms with van der Waals surface area (Å²) >= 11 is 0. The SMILES string of the molecule is CC(C)(C)c1ccc(S(OS(=O)(=O)C(F)(F)F)(c2ccc(C(C)(C)C)cc2)c2ccco2)cc1. The highest BCUT2D eigenvalue weighted by Gasteiger charge is 2.53. The van der Waals surface area contributed by atoms with Crippen LogP contribution in [0.4, 0.5) is 13.2 Å².